The molecular weight excluding hydrogens is 419 g/mol. The predicted molar refractivity (Wildman–Crippen MR) is 104 cm³/mol. The van der Waals surface area contributed by atoms with E-state index in [1.807, 2.05) is 0 Å². The molecule has 0 saturated carbocycles. The van der Waals surface area contributed by atoms with Gasteiger partial charge in [-0.3, -0.25) is 19.7 Å². The molecule has 0 aliphatic carbocycles. The molecule has 0 fully saturated rings. The molecule has 1 aromatic heterocycles. The number of furan rings is 1. The lowest BCUT2D eigenvalue weighted by atomic mass is 10.1. The summed E-state index contributed by atoms with van der Waals surface area (Å²) < 4.78 is 45.5. The van der Waals surface area contributed by atoms with Gasteiger partial charge in [-0.2, -0.15) is 13.2 Å². The molecule has 0 unspecified atom stereocenters. The Kier molecular flexibility index (Phi) is 5.77. The highest BCUT2D eigenvalue weighted by Gasteiger charge is 2.34. The first-order valence-corrected chi connectivity index (χ1v) is 8.69. The fraction of sp³-hybridized carbons (Fsp3) is 0.100. The maximum atomic E-state index is 13.5. The number of hydrogen-bond donors (Lipinski definition) is 2. The Morgan fingerprint density at radius 1 is 1.03 bits per heavy atom. The van der Waals surface area contributed by atoms with Crippen molar-refractivity contribution >= 4 is 28.9 Å². The van der Waals surface area contributed by atoms with Crippen LogP contribution in [0.1, 0.15) is 32.0 Å². The zero-order chi connectivity index (χ0) is 22.8. The molecule has 31 heavy (non-hydrogen) atoms. The number of nitro benzene ring substituents is 1. The van der Waals surface area contributed by atoms with E-state index in [9.17, 15) is 32.9 Å². The van der Waals surface area contributed by atoms with Gasteiger partial charge in [-0.15, -0.1) is 0 Å². The number of nitrogens with one attached hydrogen (secondary N) is 2. The largest absolute Gasteiger partial charge is 0.459 e. The second-order valence-electron chi connectivity index (χ2n) is 6.40. The minimum atomic E-state index is -4.83. The number of halogens is 3. The van der Waals surface area contributed by atoms with Crippen molar-refractivity contribution < 1.29 is 32.1 Å². The van der Waals surface area contributed by atoms with Crippen LogP contribution >= 0.6 is 0 Å². The Morgan fingerprint density at radius 2 is 1.77 bits per heavy atom. The Balaban J connectivity index is 1.86. The van der Waals surface area contributed by atoms with Gasteiger partial charge in [0.1, 0.15) is 0 Å². The highest BCUT2D eigenvalue weighted by molar-refractivity contribution is 6.05. The maximum Gasteiger partial charge on any atom is 0.418 e. The lowest BCUT2D eigenvalue weighted by Crippen LogP contribution is -2.18. The number of alkyl halides is 3. The molecule has 0 aliphatic rings. The smallest absolute Gasteiger partial charge is 0.418 e. The Morgan fingerprint density at radius 3 is 2.35 bits per heavy atom. The van der Waals surface area contributed by atoms with Crippen molar-refractivity contribution in [3.8, 4) is 0 Å². The summed E-state index contributed by atoms with van der Waals surface area (Å²) in [7, 11) is 0. The van der Waals surface area contributed by atoms with E-state index in [0.717, 1.165) is 18.2 Å². The van der Waals surface area contributed by atoms with Gasteiger partial charge in [0.05, 0.1) is 22.4 Å². The highest BCUT2D eigenvalue weighted by atomic mass is 19.4. The molecule has 0 saturated heterocycles. The molecule has 0 atom stereocenters. The molecule has 160 valence electrons. The van der Waals surface area contributed by atoms with Gasteiger partial charge in [-0.25, -0.2) is 0 Å². The third-order valence-corrected chi connectivity index (χ3v) is 4.23. The van der Waals surface area contributed by atoms with E-state index in [-0.39, 0.29) is 28.3 Å². The summed E-state index contributed by atoms with van der Waals surface area (Å²) in [5.74, 6) is -1.70. The van der Waals surface area contributed by atoms with Crippen LogP contribution in [0.3, 0.4) is 0 Å². The summed E-state index contributed by atoms with van der Waals surface area (Å²) in [5.41, 5.74) is -1.96. The number of aryl methyl sites for hydroxylation is 1. The van der Waals surface area contributed by atoms with Crippen LogP contribution in [-0.2, 0) is 6.18 Å². The molecule has 0 radical (unpaired) electrons. The minimum absolute atomic E-state index is 0.0496. The molecule has 3 aromatic rings. The standard InChI is InChI=1S/C20H14F3N3O5/c1-11-9-12(4-7-16(11)26(29)30)18(27)25-15-6-5-13(10-14(15)20(21,22)23)24-19(28)17-3-2-8-31-17/h2-10H,1H3,(H,24,28)(H,25,27). The van der Waals surface area contributed by atoms with E-state index in [4.69, 9.17) is 4.42 Å². The summed E-state index contributed by atoms with van der Waals surface area (Å²) in [6.45, 7) is 1.41. The number of carbonyl (C=O) groups excluding carboxylic acids is 2. The first-order chi connectivity index (χ1) is 14.6. The van der Waals surface area contributed by atoms with Crippen LogP contribution < -0.4 is 10.6 Å². The molecule has 0 aliphatic heterocycles. The van der Waals surface area contributed by atoms with Crippen molar-refractivity contribution in [3.63, 3.8) is 0 Å². The van der Waals surface area contributed by atoms with Crippen LogP contribution in [0.4, 0.5) is 30.2 Å². The third kappa shape index (κ3) is 4.89. The summed E-state index contributed by atoms with van der Waals surface area (Å²) in [5, 5.41) is 15.3. The first kappa shape index (κ1) is 21.6. The molecule has 0 spiro atoms. The zero-order valence-corrected chi connectivity index (χ0v) is 15.8. The number of nitrogens with zero attached hydrogens (tertiary/aromatic N) is 1. The topological polar surface area (TPSA) is 114 Å². The van der Waals surface area contributed by atoms with E-state index in [0.29, 0.717) is 6.07 Å². The molecule has 3 rings (SSSR count). The summed E-state index contributed by atoms with van der Waals surface area (Å²) in [6.07, 6.45) is -3.59. The fourth-order valence-corrected chi connectivity index (χ4v) is 2.76. The fourth-order valence-electron chi connectivity index (χ4n) is 2.76. The minimum Gasteiger partial charge on any atom is -0.459 e. The van der Waals surface area contributed by atoms with Crippen LogP contribution in [-0.4, -0.2) is 16.7 Å². The second kappa shape index (κ2) is 8.30. The van der Waals surface area contributed by atoms with Gasteiger partial charge in [0.25, 0.3) is 17.5 Å². The van der Waals surface area contributed by atoms with Gasteiger partial charge in [0.15, 0.2) is 5.76 Å². The van der Waals surface area contributed by atoms with Crippen LogP contribution in [0.5, 0.6) is 0 Å². The lowest BCUT2D eigenvalue weighted by Gasteiger charge is -2.16. The van der Waals surface area contributed by atoms with Gasteiger partial charge in [-0.05, 0) is 49.4 Å². The van der Waals surface area contributed by atoms with Gasteiger partial charge in [-0.1, -0.05) is 0 Å². The summed E-state index contributed by atoms with van der Waals surface area (Å²) >= 11 is 0. The number of anilines is 2. The van der Waals surface area contributed by atoms with E-state index >= 15 is 0 Å². The molecule has 1 heterocycles. The number of benzene rings is 2. The van der Waals surface area contributed by atoms with Crippen LogP contribution in [0.2, 0.25) is 0 Å². The third-order valence-electron chi connectivity index (χ3n) is 4.23. The number of rotatable bonds is 5. The van der Waals surface area contributed by atoms with Crippen LogP contribution in [0.15, 0.2) is 59.2 Å². The molecule has 0 bridgehead atoms. The van der Waals surface area contributed by atoms with E-state index in [1.54, 1.807) is 0 Å². The van der Waals surface area contributed by atoms with Gasteiger partial charge < -0.3 is 15.1 Å². The van der Waals surface area contributed by atoms with Crippen molar-refractivity contribution in [2.24, 2.45) is 0 Å². The predicted octanol–water partition coefficient (Wildman–Crippen LogP) is 5.02. The Bertz CT molecular complexity index is 1160. The van der Waals surface area contributed by atoms with Crippen molar-refractivity contribution in [1.82, 2.24) is 0 Å². The van der Waals surface area contributed by atoms with Gasteiger partial charge in [0, 0.05) is 22.9 Å². The molecule has 2 amide bonds. The highest BCUT2D eigenvalue weighted by Crippen LogP contribution is 2.37. The first-order valence-electron chi connectivity index (χ1n) is 8.69. The number of nitro groups is 1. The Hall–Kier alpha value is -4.15. The van der Waals surface area contributed by atoms with Crippen LogP contribution in [0.25, 0.3) is 0 Å². The second-order valence-corrected chi connectivity index (χ2v) is 6.40. The molecule has 11 heteroatoms. The average Bonchev–Trinajstić information content (AvgIpc) is 3.23. The summed E-state index contributed by atoms with van der Waals surface area (Å²) in [6, 6.07) is 9.11. The monoisotopic (exact) mass is 433 g/mol. The van der Waals surface area contributed by atoms with Crippen LogP contribution in [0, 0.1) is 17.0 Å². The van der Waals surface area contributed by atoms with Crippen molar-refractivity contribution in [2.75, 3.05) is 10.6 Å². The van der Waals surface area contributed by atoms with E-state index in [2.05, 4.69) is 10.6 Å². The SMILES string of the molecule is Cc1cc(C(=O)Nc2ccc(NC(=O)c3ccco3)cc2C(F)(F)F)ccc1[N+](=O)[O-]. The normalized spacial score (nSPS) is 11.1. The summed E-state index contributed by atoms with van der Waals surface area (Å²) in [4.78, 5) is 34.6. The molecule has 2 aromatic carbocycles. The number of carbonyl (C=O) groups is 2. The molecular formula is C20H14F3N3O5. The van der Waals surface area contributed by atoms with Crippen molar-refractivity contribution in [3.05, 3.63) is 87.4 Å². The van der Waals surface area contributed by atoms with Crippen molar-refractivity contribution in [2.45, 2.75) is 13.1 Å². The van der Waals surface area contributed by atoms with Crippen molar-refractivity contribution in [1.29, 1.82) is 0 Å². The van der Waals surface area contributed by atoms with Gasteiger partial charge >= 0.3 is 6.18 Å². The number of hydrogen-bond acceptors (Lipinski definition) is 5. The lowest BCUT2D eigenvalue weighted by molar-refractivity contribution is -0.385. The van der Waals surface area contributed by atoms with E-state index in [1.165, 1.54) is 37.5 Å². The average molecular weight is 433 g/mol. The zero-order valence-electron chi connectivity index (χ0n) is 15.8. The van der Waals surface area contributed by atoms with E-state index < -0.39 is 34.2 Å². The Labute approximate surface area is 172 Å². The molecule has 8 nitrogen and oxygen atoms in total. The maximum absolute atomic E-state index is 13.5. The molecule has 2 N–H and O–H groups in total. The van der Waals surface area contributed by atoms with Gasteiger partial charge in [0.2, 0.25) is 0 Å². The quantitative estimate of drug-likeness (QED) is 0.433. The number of amides is 2.